The second-order valence-corrected chi connectivity index (χ2v) is 6.90. The molecule has 0 saturated carbocycles. The molecule has 0 spiro atoms. The Morgan fingerprint density at radius 2 is 1.75 bits per heavy atom. The van der Waals surface area contributed by atoms with Gasteiger partial charge in [0, 0.05) is 17.5 Å². The molecule has 9 heteroatoms. The maximum atomic E-state index is 12.2. The minimum atomic E-state index is -4.32. The first-order valence-electron chi connectivity index (χ1n) is 6.84. The van der Waals surface area contributed by atoms with Gasteiger partial charge in [0.2, 0.25) is 5.91 Å². The maximum absolute atomic E-state index is 12.2. The van der Waals surface area contributed by atoms with Crippen molar-refractivity contribution in [3.8, 4) is 0 Å². The molecule has 24 heavy (non-hydrogen) atoms. The second kappa shape index (κ2) is 7.41. The molecule has 2 aromatic carbocycles. The Kier molecular flexibility index (Phi) is 5.53. The van der Waals surface area contributed by atoms with E-state index in [9.17, 15) is 23.3 Å². The molecule has 0 aliphatic heterocycles. The number of para-hydroxylation sites is 1. The molecule has 7 nitrogen and oxygen atoms in total. The molecule has 0 radical (unpaired) electrons. The van der Waals surface area contributed by atoms with Crippen molar-refractivity contribution in [3.63, 3.8) is 0 Å². The number of sulfonamides is 1. The fourth-order valence-corrected chi connectivity index (χ4v) is 3.46. The summed E-state index contributed by atoms with van der Waals surface area (Å²) >= 11 is 5.97. The fraction of sp³-hybridized carbons (Fsp3) is 0.133. The van der Waals surface area contributed by atoms with E-state index in [4.69, 9.17) is 11.6 Å². The van der Waals surface area contributed by atoms with Crippen molar-refractivity contribution < 1.29 is 18.1 Å². The summed E-state index contributed by atoms with van der Waals surface area (Å²) in [7, 11) is -4.32. The number of benzene rings is 2. The van der Waals surface area contributed by atoms with E-state index < -0.39 is 31.4 Å². The van der Waals surface area contributed by atoms with E-state index >= 15 is 0 Å². The molecule has 2 rings (SSSR count). The van der Waals surface area contributed by atoms with Crippen molar-refractivity contribution in [2.75, 3.05) is 0 Å². The van der Waals surface area contributed by atoms with Crippen LogP contribution in [0.3, 0.4) is 0 Å². The lowest BCUT2D eigenvalue weighted by Gasteiger charge is -2.08. The predicted octanol–water partition coefficient (Wildman–Crippen LogP) is 2.69. The number of nitro benzene ring substituents is 1. The third kappa shape index (κ3) is 4.30. The average molecular weight is 369 g/mol. The lowest BCUT2D eigenvalue weighted by Crippen LogP contribution is -2.31. The molecule has 1 N–H and O–H groups in total. The average Bonchev–Trinajstić information content (AvgIpc) is 2.53. The van der Waals surface area contributed by atoms with E-state index in [1.165, 1.54) is 12.1 Å². The first kappa shape index (κ1) is 17.9. The molecule has 0 heterocycles. The highest BCUT2D eigenvalue weighted by molar-refractivity contribution is 7.90. The summed E-state index contributed by atoms with van der Waals surface area (Å²) in [5, 5.41) is 11.4. The number of nitrogens with one attached hydrogen (secondary N) is 1. The third-order valence-electron chi connectivity index (χ3n) is 3.18. The number of hydrogen-bond acceptors (Lipinski definition) is 5. The fourth-order valence-electron chi connectivity index (χ4n) is 2.04. The van der Waals surface area contributed by atoms with Gasteiger partial charge >= 0.3 is 0 Å². The van der Waals surface area contributed by atoms with Crippen LogP contribution >= 0.6 is 11.6 Å². The van der Waals surface area contributed by atoms with Crippen molar-refractivity contribution in [2.24, 2.45) is 0 Å². The second-order valence-electron chi connectivity index (χ2n) is 4.84. The van der Waals surface area contributed by atoms with E-state index in [1.807, 2.05) is 4.72 Å². The van der Waals surface area contributed by atoms with Gasteiger partial charge in [-0.15, -0.1) is 0 Å². The topological polar surface area (TPSA) is 106 Å². The summed E-state index contributed by atoms with van der Waals surface area (Å²) in [6.07, 6.45) is 0.126. The van der Waals surface area contributed by atoms with E-state index in [0.717, 1.165) is 12.1 Å². The number of nitro groups is 1. The van der Waals surface area contributed by atoms with Gasteiger partial charge in [0.05, 0.1) is 4.92 Å². The molecule has 1 amide bonds. The summed E-state index contributed by atoms with van der Waals surface area (Å²) < 4.78 is 26.2. The molecule has 0 bridgehead atoms. The van der Waals surface area contributed by atoms with E-state index in [2.05, 4.69) is 0 Å². The van der Waals surface area contributed by atoms with Gasteiger partial charge in [-0.1, -0.05) is 41.9 Å². The quantitative estimate of drug-likeness (QED) is 0.623. The van der Waals surface area contributed by atoms with Crippen LogP contribution in [0.4, 0.5) is 5.69 Å². The van der Waals surface area contributed by atoms with Gasteiger partial charge in [-0.05, 0) is 24.1 Å². The maximum Gasteiger partial charge on any atom is 0.289 e. The molecule has 0 aliphatic carbocycles. The Bertz CT molecular complexity index is 883. The highest BCUT2D eigenvalue weighted by atomic mass is 35.5. The van der Waals surface area contributed by atoms with E-state index in [1.54, 1.807) is 24.3 Å². The number of hydrogen-bond donors (Lipinski definition) is 1. The van der Waals surface area contributed by atoms with Crippen molar-refractivity contribution in [3.05, 3.63) is 69.2 Å². The summed E-state index contributed by atoms with van der Waals surface area (Å²) in [6, 6.07) is 11.7. The van der Waals surface area contributed by atoms with Crippen LogP contribution in [0.15, 0.2) is 53.4 Å². The van der Waals surface area contributed by atoms with E-state index in [0.29, 0.717) is 10.6 Å². The highest BCUT2D eigenvalue weighted by Gasteiger charge is 2.26. The molecule has 2 aromatic rings. The zero-order valence-corrected chi connectivity index (χ0v) is 13.9. The number of nitrogens with zero attached hydrogens (tertiary/aromatic N) is 1. The largest absolute Gasteiger partial charge is 0.289 e. The molecular weight excluding hydrogens is 356 g/mol. The Morgan fingerprint density at radius 1 is 1.12 bits per heavy atom. The molecule has 0 aromatic heterocycles. The van der Waals surface area contributed by atoms with Crippen molar-refractivity contribution in [2.45, 2.75) is 17.7 Å². The molecule has 0 atom stereocenters. The van der Waals surface area contributed by atoms with Crippen molar-refractivity contribution >= 4 is 33.2 Å². The van der Waals surface area contributed by atoms with Gasteiger partial charge in [-0.2, -0.15) is 0 Å². The predicted molar refractivity (Wildman–Crippen MR) is 88.2 cm³/mol. The molecule has 0 saturated heterocycles. The Labute approximate surface area is 143 Å². The number of carbonyl (C=O) groups excluding carboxylic acids is 1. The standard InChI is InChI=1S/C15H13ClN2O5S/c16-12-6-2-1-5-11(12)9-10-15(19)17-24(22,23)14-8-4-3-7-13(14)18(20)21/h1-8H,9-10H2,(H,17,19). The minimum Gasteiger partial charge on any atom is -0.274 e. The van der Waals surface area contributed by atoms with Gasteiger partial charge in [0.1, 0.15) is 0 Å². The minimum absolute atomic E-state index is 0.121. The van der Waals surface area contributed by atoms with Crippen LogP contribution < -0.4 is 4.72 Å². The molecule has 0 fully saturated rings. The van der Waals surface area contributed by atoms with Crippen molar-refractivity contribution in [1.82, 2.24) is 4.72 Å². The summed E-state index contributed by atoms with van der Waals surface area (Å²) in [5.74, 6) is -0.770. The van der Waals surface area contributed by atoms with Crippen LogP contribution in [0, 0.1) is 10.1 Å². The van der Waals surface area contributed by atoms with Crippen LogP contribution in [-0.4, -0.2) is 19.2 Å². The third-order valence-corrected chi connectivity index (χ3v) is 4.97. The monoisotopic (exact) mass is 368 g/mol. The highest BCUT2D eigenvalue weighted by Crippen LogP contribution is 2.23. The summed E-state index contributed by atoms with van der Waals surface area (Å²) in [5.41, 5.74) is 0.112. The Morgan fingerprint density at radius 3 is 2.42 bits per heavy atom. The first-order valence-corrected chi connectivity index (χ1v) is 8.70. The number of amides is 1. The molecular formula is C15H13ClN2O5S. The van der Waals surface area contributed by atoms with Crippen LogP contribution in [0.2, 0.25) is 5.02 Å². The lowest BCUT2D eigenvalue weighted by molar-refractivity contribution is -0.387. The van der Waals surface area contributed by atoms with Gasteiger partial charge in [-0.25, -0.2) is 13.1 Å². The number of aryl methyl sites for hydroxylation is 1. The molecule has 0 unspecified atom stereocenters. The lowest BCUT2D eigenvalue weighted by atomic mass is 10.1. The number of rotatable bonds is 6. The molecule has 0 aliphatic rings. The summed E-state index contributed by atoms with van der Waals surface area (Å²) in [4.78, 5) is 21.4. The van der Waals surface area contributed by atoms with Crippen LogP contribution in [0.25, 0.3) is 0 Å². The van der Waals surface area contributed by atoms with Gasteiger partial charge in [0.25, 0.3) is 15.7 Å². The Balaban J connectivity index is 2.11. The summed E-state index contributed by atoms with van der Waals surface area (Å²) in [6.45, 7) is 0. The zero-order valence-electron chi connectivity index (χ0n) is 12.3. The van der Waals surface area contributed by atoms with Crippen molar-refractivity contribution in [1.29, 1.82) is 0 Å². The van der Waals surface area contributed by atoms with Gasteiger partial charge in [-0.3, -0.25) is 14.9 Å². The normalized spacial score (nSPS) is 11.0. The number of halogens is 1. The van der Waals surface area contributed by atoms with Crippen LogP contribution in [0.5, 0.6) is 0 Å². The van der Waals surface area contributed by atoms with Gasteiger partial charge in [0.15, 0.2) is 4.90 Å². The van der Waals surface area contributed by atoms with Crippen LogP contribution in [0.1, 0.15) is 12.0 Å². The SMILES string of the molecule is O=C(CCc1ccccc1Cl)NS(=O)(=O)c1ccccc1[N+](=O)[O-]. The van der Waals surface area contributed by atoms with Gasteiger partial charge < -0.3 is 0 Å². The Hall–Kier alpha value is -2.45. The zero-order chi connectivity index (χ0) is 17.7. The van der Waals surface area contributed by atoms with Crippen LogP contribution in [-0.2, 0) is 21.2 Å². The smallest absolute Gasteiger partial charge is 0.274 e. The number of carbonyl (C=O) groups is 1. The van der Waals surface area contributed by atoms with E-state index in [-0.39, 0.29) is 12.8 Å². The molecule has 126 valence electrons. The first-order chi connectivity index (χ1) is 11.3.